The van der Waals surface area contributed by atoms with Crippen LogP contribution in [0.1, 0.15) is 31.1 Å². The summed E-state index contributed by atoms with van der Waals surface area (Å²) in [5.41, 5.74) is 0.102. The molecule has 10 heteroatoms. The predicted molar refractivity (Wildman–Crippen MR) is 112 cm³/mol. The number of aromatic nitrogens is 1. The van der Waals surface area contributed by atoms with Gasteiger partial charge in [-0.2, -0.15) is 0 Å². The van der Waals surface area contributed by atoms with Crippen LogP contribution in [0, 0.1) is 0 Å². The largest absolute Gasteiger partial charge is 0.493 e. The van der Waals surface area contributed by atoms with Gasteiger partial charge in [-0.3, -0.25) is 4.79 Å². The van der Waals surface area contributed by atoms with Crippen molar-refractivity contribution in [2.75, 3.05) is 12.4 Å². The van der Waals surface area contributed by atoms with Crippen LogP contribution in [-0.2, 0) is 9.53 Å². The molecule has 0 fully saturated rings. The number of hydrogen-bond donors (Lipinski definition) is 1. The SMILES string of the molecule is COc1cc(C(=O)OC(C)C(=O)Nc2ncc(Cl)cc2Cl)cc(Cl)c1OC(C)C. The van der Waals surface area contributed by atoms with E-state index in [0.717, 1.165) is 0 Å². The lowest BCUT2D eigenvalue weighted by Crippen LogP contribution is -2.30. The van der Waals surface area contributed by atoms with E-state index in [1.165, 1.54) is 38.4 Å². The molecule has 0 aliphatic carbocycles. The number of methoxy groups -OCH3 is 1. The molecule has 156 valence electrons. The van der Waals surface area contributed by atoms with Crippen molar-refractivity contribution >= 4 is 52.5 Å². The highest BCUT2D eigenvalue weighted by atomic mass is 35.5. The van der Waals surface area contributed by atoms with E-state index in [0.29, 0.717) is 10.8 Å². The molecule has 1 N–H and O–H groups in total. The van der Waals surface area contributed by atoms with Gasteiger partial charge in [0.25, 0.3) is 5.91 Å². The molecule has 1 atom stereocenters. The molecule has 7 nitrogen and oxygen atoms in total. The van der Waals surface area contributed by atoms with Gasteiger partial charge in [-0.05, 0) is 39.0 Å². The lowest BCUT2D eigenvalue weighted by Gasteiger charge is -2.17. The standard InChI is InChI=1S/C19H19Cl3N2O5/c1-9(2)28-16-13(21)5-11(6-15(16)27-4)19(26)29-10(3)18(25)24-17-14(22)7-12(20)8-23-17/h5-10H,1-4H3,(H,23,24,25). The number of rotatable bonds is 7. The quantitative estimate of drug-likeness (QED) is 0.583. The Hall–Kier alpha value is -2.22. The molecule has 1 aromatic carbocycles. The first-order valence-corrected chi connectivity index (χ1v) is 9.62. The van der Waals surface area contributed by atoms with Gasteiger partial charge in [0.15, 0.2) is 23.4 Å². The average Bonchev–Trinajstić information content (AvgIpc) is 2.64. The number of carbonyl (C=O) groups is 2. The molecule has 2 rings (SSSR count). The fraction of sp³-hybridized carbons (Fsp3) is 0.316. The summed E-state index contributed by atoms with van der Waals surface area (Å²) in [6, 6.07) is 4.23. The molecule has 1 aromatic heterocycles. The van der Waals surface area contributed by atoms with E-state index in [2.05, 4.69) is 10.3 Å². The Morgan fingerprint density at radius 1 is 1.07 bits per heavy atom. The normalized spacial score (nSPS) is 11.7. The fourth-order valence-corrected chi connectivity index (χ4v) is 2.88. The van der Waals surface area contributed by atoms with Gasteiger partial charge in [-0.1, -0.05) is 34.8 Å². The highest BCUT2D eigenvalue weighted by Crippen LogP contribution is 2.37. The minimum Gasteiger partial charge on any atom is -0.493 e. The number of nitrogens with one attached hydrogen (secondary N) is 1. The number of ether oxygens (including phenoxy) is 3. The summed E-state index contributed by atoms with van der Waals surface area (Å²) < 4.78 is 16.1. The van der Waals surface area contributed by atoms with Gasteiger partial charge >= 0.3 is 5.97 Å². The lowest BCUT2D eigenvalue weighted by atomic mass is 10.2. The highest BCUT2D eigenvalue weighted by Gasteiger charge is 2.23. The summed E-state index contributed by atoms with van der Waals surface area (Å²) >= 11 is 18.0. The van der Waals surface area contributed by atoms with Gasteiger partial charge in [0.2, 0.25) is 0 Å². The summed E-state index contributed by atoms with van der Waals surface area (Å²) in [5, 5.41) is 3.13. The minimum absolute atomic E-state index is 0.101. The molecule has 1 unspecified atom stereocenters. The second-order valence-corrected chi connectivity index (χ2v) is 7.43. The maximum absolute atomic E-state index is 12.5. The first-order valence-electron chi connectivity index (χ1n) is 8.49. The first-order chi connectivity index (χ1) is 13.6. The van der Waals surface area contributed by atoms with E-state index in [1.807, 2.05) is 13.8 Å². The Labute approximate surface area is 183 Å². The van der Waals surface area contributed by atoms with Crippen molar-refractivity contribution in [3.63, 3.8) is 0 Å². The van der Waals surface area contributed by atoms with Crippen LogP contribution in [0.4, 0.5) is 5.82 Å². The van der Waals surface area contributed by atoms with Crippen LogP contribution >= 0.6 is 34.8 Å². The first kappa shape index (κ1) is 23.1. The third-order valence-electron chi connectivity index (χ3n) is 3.52. The predicted octanol–water partition coefficient (Wildman–Crippen LogP) is 5.02. The molecule has 0 spiro atoms. The highest BCUT2D eigenvalue weighted by molar-refractivity contribution is 6.36. The number of pyridine rings is 1. The number of hydrogen-bond acceptors (Lipinski definition) is 6. The Morgan fingerprint density at radius 3 is 2.34 bits per heavy atom. The molecule has 1 heterocycles. The van der Waals surface area contributed by atoms with Gasteiger partial charge in [-0.15, -0.1) is 0 Å². The van der Waals surface area contributed by atoms with Crippen LogP contribution in [0.5, 0.6) is 11.5 Å². The Kier molecular flexibility index (Phi) is 7.96. The van der Waals surface area contributed by atoms with Crippen molar-refractivity contribution in [3.8, 4) is 11.5 Å². The lowest BCUT2D eigenvalue weighted by molar-refractivity contribution is -0.123. The molecule has 0 aliphatic rings. The van der Waals surface area contributed by atoms with Crippen molar-refractivity contribution < 1.29 is 23.8 Å². The topological polar surface area (TPSA) is 86.8 Å². The van der Waals surface area contributed by atoms with Crippen molar-refractivity contribution in [1.29, 1.82) is 0 Å². The number of carbonyl (C=O) groups excluding carboxylic acids is 2. The Morgan fingerprint density at radius 2 is 1.76 bits per heavy atom. The molecule has 0 aliphatic heterocycles. The van der Waals surface area contributed by atoms with Crippen LogP contribution in [0.2, 0.25) is 15.1 Å². The molecule has 1 amide bonds. The van der Waals surface area contributed by atoms with Crippen LogP contribution in [-0.4, -0.2) is 36.2 Å². The second-order valence-electron chi connectivity index (χ2n) is 6.18. The maximum atomic E-state index is 12.5. The second kappa shape index (κ2) is 10.0. The molecular formula is C19H19Cl3N2O5. The van der Waals surface area contributed by atoms with Gasteiger partial charge in [0.1, 0.15) is 0 Å². The third kappa shape index (κ3) is 6.13. The van der Waals surface area contributed by atoms with Crippen LogP contribution in [0.3, 0.4) is 0 Å². The number of esters is 1. The molecule has 0 radical (unpaired) electrons. The van der Waals surface area contributed by atoms with Gasteiger partial charge < -0.3 is 19.5 Å². The molecule has 29 heavy (non-hydrogen) atoms. The number of amides is 1. The monoisotopic (exact) mass is 460 g/mol. The maximum Gasteiger partial charge on any atom is 0.339 e. The van der Waals surface area contributed by atoms with Gasteiger partial charge in [0.05, 0.1) is 33.8 Å². The average molecular weight is 462 g/mol. The van der Waals surface area contributed by atoms with Crippen molar-refractivity contribution in [2.45, 2.75) is 33.0 Å². The zero-order valence-corrected chi connectivity index (χ0v) is 18.4. The molecule has 0 bridgehead atoms. The zero-order valence-electron chi connectivity index (χ0n) is 16.1. The van der Waals surface area contributed by atoms with E-state index in [1.54, 1.807) is 0 Å². The zero-order chi connectivity index (χ0) is 21.7. The van der Waals surface area contributed by atoms with Gasteiger partial charge in [-0.25, -0.2) is 9.78 Å². The summed E-state index contributed by atoms with van der Waals surface area (Å²) in [5.74, 6) is -0.696. The summed E-state index contributed by atoms with van der Waals surface area (Å²) in [6.45, 7) is 5.08. The van der Waals surface area contributed by atoms with Crippen molar-refractivity contribution in [3.05, 3.63) is 45.0 Å². The van der Waals surface area contributed by atoms with Crippen molar-refractivity contribution in [1.82, 2.24) is 4.98 Å². The molecule has 0 saturated heterocycles. The van der Waals surface area contributed by atoms with Crippen LogP contribution in [0.15, 0.2) is 24.4 Å². The van der Waals surface area contributed by atoms with E-state index in [-0.39, 0.29) is 33.3 Å². The van der Waals surface area contributed by atoms with E-state index in [4.69, 9.17) is 49.0 Å². The summed E-state index contributed by atoms with van der Waals surface area (Å²) in [6.07, 6.45) is 0.0537. The van der Waals surface area contributed by atoms with E-state index in [9.17, 15) is 9.59 Å². The number of anilines is 1. The van der Waals surface area contributed by atoms with Crippen molar-refractivity contribution in [2.24, 2.45) is 0 Å². The van der Waals surface area contributed by atoms with E-state index < -0.39 is 18.0 Å². The van der Waals surface area contributed by atoms with Gasteiger partial charge in [0, 0.05) is 6.20 Å². The van der Waals surface area contributed by atoms with Crippen LogP contribution in [0.25, 0.3) is 0 Å². The molecular weight excluding hydrogens is 443 g/mol. The number of halogens is 3. The molecule has 0 saturated carbocycles. The minimum atomic E-state index is -1.13. The molecule has 2 aromatic rings. The van der Waals surface area contributed by atoms with E-state index >= 15 is 0 Å². The number of nitrogens with zero attached hydrogens (tertiary/aromatic N) is 1. The Balaban J connectivity index is 2.12. The fourth-order valence-electron chi connectivity index (χ4n) is 2.19. The third-order valence-corrected chi connectivity index (χ3v) is 4.30. The Bertz CT molecular complexity index is 921. The summed E-state index contributed by atoms with van der Waals surface area (Å²) in [4.78, 5) is 28.7. The summed E-state index contributed by atoms with van der Waals surface area (Å²) in [7, 11) is 1.42. The number of benzene rings is 1. The smallest absolute Gasteiger partial charge is 0.339 e. The van der Waals surface area contributed by atoms with Crippen LogP contribution < -0.4 is 14.8 Å².